The Morgan fingerprint density at radius 1 is 0.464 bits per heavy atom. The minimum absolute atomic E-state index is 0.00358. The SMILES string of the molecule is CC(=O)N[C@@H]1[C@@H](OCCOCCNC(=O)CCCOCC(COCCCC(=O)NCCOCCO[C@H]2O[C@@H](CO)[C@@H](O)[C@@H](O)[C@@H]2NC(C)=O)(COCCCC(=O)NCCOCCO[C@@H]2O[C@H](CO)[C@H](O)[C@H](O)[C@H]2NC(C)=O)CC(=O)CCCCCOC(=O)CCC(=O)NCc2cn(CCCCCC(=O)NCCOC3[C@@H](O)[C@@H](COP(C)(=O)O)O[C@H]3n3ccc(=O)[nH]c3=O)nn2)O[C@@H](CO)[C@@H](O)[C@H]1O. The van der Waals surface area contributed by atoms with Crippen LogP contribution in [0, 0.1) is 5.41 Å². The number of hydrogen-bond donors (Lipinski definition) is 20. The van der Waals surface area contributed by atoms with Gasteiger partial charge in [0.1, 0.15) is 103 Å². The van der Waals surface area contributed by atoms with Crippen LogP contribution in [-0.2, 0) is 141 Å². The molecule has 2 aromatic rings. The fourth-order valence-corrected chi connectivity index (χ4v) is 15.1. The maximum atomic E-state index is 14.2. The summed E-state index contributed by atoms with van der Waals surface area (Å²) in [5.74, 6) is -4.18. The molecule has 4 aliphatic heterocycles. The number of carbonyl (C=O) groups excluding carboxylic acids is 10. The zero-order chi connectivity index (χ0) is 101. The van der Waals surface area contributed by atoms with Crippen LogP contribution in [0.5, 0.6) is 0 Å². The van der Waals surface area contributed by atoms with E-state index in [0.29, 0.717) is 50.8 Å². The highest BCUT2D eigenvalue weighted by atomic mass is 31.2. The molecule has 0 saturated carbocycles. The Kier molecular flexibility index (Phi) is 56.0. The number of carbonyl (C=O) groups is 10. The summed E-state index contributed by atoms with van der Waals surface area (Å²) in [6, 6.07) is -2.39. The van der Waals surface area contributed by atoms with Gasteiger partial charge in [0.2, 0.25) is 47.3 Å². The van der Waals surface area contributed by atoms with Gasteiger partial charge in [0, 0.05) is 143 Å². The van der Waals surface area contributed by atoms with Gasteiger partial charge in [0.25, 0.3) is 5.56 Å². The number of nitrogens with zero attached hydrogens (tertiary/aromatic N) is 4. The number of aliphatic hydroxyl groups is 10. The minimum Gasteiger partial charge on any atom is -0.466 e. The summed E-state index contributed by atoms with van der Waals surface area (Å²) in [6.45, 7) is 2.38. The number of H-pyrrole nitrogens is 1. The van der Waals surface area contributed by atoms with Gasteiger partial charge in [-0.05, 0) is 51.4 Å². The predicted octanol–water partition coefficient (Wildman–Crippen LogP) is -7.90. The van der Waals surface area contributed by atoms with E-state index in [1.54, 1.807) is 10.9 Å². The molecule has 2 aromatic heterocycles. The number of amides is 8. The highest BCUT2D eigenvalue weighted by Crippen LogP contribution is 2.40. The maximum Gasteiger partial charge on any atom is 0.330 e. The molecule has 54 heteroatoms. The zero-order valence-corrected chi connectivity index (χ0v) is 79.2. The molecule has 788 valence electrons. The lowest BCUT2D eigenvalue weighted by Gasteiger charge is -2.42. The van der Waals surface area contributed by atoms with Gasteiger partial charge < -0.3 is 174 Å². The van der Waals surface area contributed by atoms with E-state index in [9.17, 15) is 118 Å². The van der Waals surface area contributed by atoms with Crippen molar-refractivity contribution in [1.82, 2.24) is 67.1 Å². The number of aromatic nitrogens is 5. The quantitative estimate of drug-likeness (QED) is 0.0166. The molecule has 4 fully saturated rings. The summed E-state index contributed by atoms with van der Waals surface area (Å²) < 4.78 is 105. The van der Waals surface area contributed by atoms with E-state index in [0.717, 1.165) is 23.5 Å². The van der Waals surface area contributed by atoms with E-state index in [1.165, 1.54) is 20.8 Å². The van der Waals surface area contributed by atoms with Crippen molar-refractivity contribution in [2.75, 3.05) is 172 Å². The minimum atomic E-state index is -3.96. The molecular formula is C84H142N13O40P. The summed E-state index contributed by atoms with van der Waals surface area (Å²) in [5.41, 5.74) is -2.26. The highest BCUT2D eigenvalue weighted by Gasteiger charge is 2.50. The fourth-order valence-electron chi connectivity index (χ4n) is 14.7. The largest absolute Gasteiger partial charge is 0.466 e. The number of hydrogen-bond acceptors (Lipinski definition) is 41. The molecule has 8 amide bonds. The lowest BCUT2D eigenvalue weighted by Crippen LogP contribution is -2.64. The second-order valence-electron chi connectivity index (χ2n) is 33.4. The molecule has 20 N–H and O–H groups in total. The second-order valence-corrected chi connectivity index (χ2v) is 35.3. The number of aromatic amines is 1. The third-order valence-corrected chi connectivity index (χ3v) is 22.4. The molecule has 6 rings (SSSR count). The first-order valence-electron chi connectivity index (χ1n) is 46.2. The number of Topliss-reactive ketones (excluding diaryl/α,β-unsaturated/α-hetero) is 1. The topological polar surface area (TPSA) is 740 Å². The van der Waals surface area contributed by atoms with Crippen LogP contribution in [0.3, 0.4) is 0 Å². The molecule has 0 aliphatic carbocycles. The van der Waals surface area contributed by atoms with Gasteiger partial charge in [-0.15, -0.1) is 5.10 Å². The Bertz CT molecular complexity index is 3910. The highest BCUT2D eigenvalue weighted by molar-refractivity contribution is 7.51. The van der Waals surface area contributed by atoms with Crippen molar-refractivity contribution in [3.8, 4) is 0 Å². The summed E-state index contributed by atoms with van der Waals surface area (Å²) in [6.07, 6.45) is -15.2. The van der Waals surface area contributed by atoms with Crippen molar-refractivity contribution < 1.29 is 184 Å². The van der Waals surface area contributed by atoms with Gasteiger partial charge in [0.05, 0.1) is 138 Å². The van der Waals surface area contributed by atoms with Crippen LogP contribution in [0.4, 0.5) is 0 Å². The van der Waals surface area contributed by atoms with Crippen LogP contribution in [0.15, 0.2) is 28.0 Å². The van der Waals surface area contributed by atoms with Crippen LogP contribution in [-0.4, -0.2) is 421 Å². The van der Waals surface area contributed by atoms with Gasteiger partial charge in [0.15, 0.2) is 25.1 Å². The number of ether oxygens (including phenoxy) is 15. The molecule has 0 spiro atoms. The van der Waals surface area contributed by atoms with Crippen molar-refractivity contribution in [2.45, 2.75) is 259 Å². The Labute approximate surface area is 796 Å². The van der Waals surface area contributed by atoms with E-state index in [1.807, 2.05) is 0 Å². The Hall–Kier alpha value is -8.09. The third kappa shape index (κ3) is 45.0. The van der Waals surface area contributed by atoms with Gasteiger partial charge in [-0.1, -0.05) is 11.6 Å². The van der Waals surface area contributed by atoms with E-state index in [4.69, 9.17) is 75.6 Å². The average Bonchev–Trinajstić information content (AvgIpc) is 1.59. The lowest BCUT2D eigenvalue weighted by molar-refractivity contribution is -0.272. The Morgan fingerprint density at radius 3 is 1.33 bits per heavy atom. The van der Waals surface area contributed by atoms with Gasteiger partial charge in [-0.25, -0.2) is 4.79 Å². The predicted molar refractivity (Wildman–Crippen MR) is 472 cm³/mol. The first kappa shape index (κ1) is 119. The summed E-state index contributed by atoms with van der Waals surface area (Å²) in [7, 11) is -3.96. The molecule has 138 heavy (non-hydrogen) atoms. The number of unbranched alkanes of at least 4 members (excludes halogenated alkanes) is 4. The van der Waals surface area contributed by atoms with E-state index >= 15 is 0 Å². The smallest absolute Gasteiger partial charge is 0.330 e. The molecule has 0 bridgehead atoms. The molecule has 4 saturated heterocycles. The Balaban J connectivity index is 0.952. The van der Waals surface area contributed by atoms with Crippen LogP contribution in [0.25, 0.3) is 0 Å². The third-order valence-electron chi connectivity index (χ3n) is 21.8. The number of rotatable bonds is 72. The van der Waals surface area contributed by atoms with Crippen molar-refractivity contribution in [3.05, 3.63) is 45.0 Å². The van der Waals surface area contributed by atoms with Gasteiger partial charge in [-0.2, -0.15) is 0 Å². The number of aryl methyl sites for hydroxylation is 1. The summed E-state index contributed by atoms with van der Waals surface area (Å²) in [5, 5.41) is 132. The van der Waals surface area contributed by atoms with Crippen LogP contribution in [0.2, 0.25) is 0 Å². The molecule has 20 atom stereocenters. The molecule has 6 heterocycles. The summed E-state index contributed by atoms with van der Waals surface area (Å²) >= 11 is 0. The summed E-state index contributed by atoms with van der Waals surface area (Å²) in [4.78, 5) is 163. The lowest BCUT2D eigenvalue weighted by atomic mass is 9.84. The molecule has 0 radical (unpaired) electrons. The number of aliphatic hydroxyl groups excluding tert-OH is 10. The van der Waals surface area contributed by atoms with E-state index in [2.05, 4.69) is 57.8 Å². The van der Waals surface area contributed by atoms with Crippen molar-refractivity contribution >= 4 is 66.6 Å². The molecule has 53 nitrogen and oxygen atoms in total. The molecule has 4 aliphatic rings. The van der Waals surface area contributed by atoms with Crippen LogP contribution < -0.4 is 53.8 Å². The van der Waals surface area contributed by atoms with Crippen molar-refractivity contribution in [1.29, 1.82) is 0 Å². The number of nitrogens with one attached hydrogen (secondary N) is 9. The monoisotopic (exact) mass is 2000 g/mol. The maximum absolute atomic E-state index is 14.2. The standard InChI is InChI=1S/C84H142N13O40P/c1-52(101)90-68-75(116)71(112)57(45-98)135-80(68)130-39-36-122-32-22-85-62(106)16-11-28-125-49-84(50-126-29-12-17-63(107)86-23-33-123-37-40-131-81-69(91-53(2)102)76(117)72(113)58(46-99)136-81,51-127-30-13-18-64(108)87-24-34-124-38-41-132-82-70(92-54(3)103)77(118)73(114)59(47-100)137-82)42-56(104)14-7-6-10-31-128-67(111)20-19-65(109)89-43-55-44-96(95-94-55)26-9-5-8-15-61(105)88-25-35-129-78-74(115)60(48-133-138(4,120)121)134-79(78)97-27-21-66(110)93-83(97)119/h21,27,44,57-60,68-82,98-100,112-118H,5-20,22-26,28-43,45-51H2,1-4H3,(H,85,106)(H,86,107)(H,87,108)(H,88,105)(H,89,109)(H,90,101)(H,91,102)(H,92,103)(H,120,121)(H,93,110,119)/t57-,58-,59+,60+,68-,69-,70+,71+,72+,73-,74-,75-,76-,77+,78?,79+,80-,81-,82+/m0/s1. The molecular weight excluding hydrogens is 1860 g/mol. The first-order valence-corrected chi connectivity index (χ1v) is 48.2. The van der Waals surface area contributed by atoms with Crippen LogP contribution >= 0.6 is 7.60 Å². The van der Waals surface area contributed by atoms with Crippen LogP contribution in [0.1, 0.15) is 142 Å². The molecule has 2 unspecified atom stereocenters. The van der Waals surface area contributed by atoms with E-state index < -0.39 is 197 Å². The molecule has 0 aromatic carbocycles. The first-order chi connectivity index (χ1) is 66.0. The number of ketones is 1. The van der Waals surface area contributed by atoms with Gasteiger partial charge in [-0.3, -0.25) is 71.5 Å². The van der Waals surface area contributed by atoms with E-state index in [-0.39, 0.29) is 245 Å². The Morgan fingerprint density at radius 2 is 0.891 bits per heavy atom. The normalized spacial score (nSPS) is 24.7. The zero-order valence-electron chi connectivity index (χ0n) is 78.3. The van der Waals surface area contributed by atoms with Gasteiger partial charge >= 0.3 is 19.3 Å². The van der Waals surface area contributed by atoms with Crippen molar-refractivity contribution in [2.24, 2.45) is 5.41 Å². The second kappa shape index (κ2) is 65.2. The fraction of sp³-hybridized carbons (Fsp3) is 0.810. The average molecular weight is 2010 g/mol. The van der Waals surface area contributed by atoms with Crippen molar-refractivity contribution in [3.63, 3.8) is 0 Å². The number of esters is 1.